The van der Waals surface area contributed by atoms with E-state index in [-0.39, 0.29) is 0 Å². The minimum Gasteiger partial charge on any atom is -0.258 e. The summed E-state index contributed by atoms with van der Waals surface area (Å²) in [6.07, 6.45) is 0. The van der Waals surface area contributed by atoms with E-state index < -0.39 is 38.6 Å². The minimum absolute atomic E-state index is 0.714. The molecule has 0 amide bonds. The van der Waals surface area contributed by atoms with Crippen molar-refractivity contribution in [1.29, 1.82) is 0 Å². The molecule has 0 aliphatic carbocycles. The Morgan fingerprint density at radius 3 is 2.14 bits per heavy atom. The topological polar surface area (TPSA) is 43.1 Å². The third-order valence-electron chi connectivity index (χ3n) is 1.65. The monoisotopic (exact) mass is 225 g/mol. The molecule has 0 heterocycles. The zero-order valence-corrected chi connectivity index (χ0v) is 7.53. The van der Waals surface area contributed by atoms with E-state index in [1.807, 2.05) is 0 Å². The van der Waals surface area contributed by atoms with Crippen molar-refractivity contribution in [3.63, 3.8) is 0 Å². The Balaban J connectivity index is 3.68. The number of rotatable bonds is 1. The molecular formula is C7H3ClF3NO2. The van der Waals surface area contributed by atoms with E-state index in [0.29, 0.717) is 0 Å². The first kappa shape index (κ1) is 10.8. The Kier molecular flexibility index (Phi) is 2.66. The van der Waals surface area contributed by atoms with Crippen LogP contribution in [-0.4, -0.2) is 4.92 Å². The summed E-state index contributed by atoms with van der Waals surface area (Å²) in [7, 11) is 0. The lowest BCUT2D eigenvalue weighted by Gasteiger charge is -2.03. The van der Waals surface area contributed by atoms with Crippen molar-refractivity contribution < 1.29 is 18.1 Å². The maximum atomic E-state index is 13.0. The third-order valence-corrected chi connectivity index (χ3v) is 1.98. The molecule has 7 heteroatoms. The van der Waals surface area contributed by atoms with Crippen LogP contribution in [0.4, 0.5) is 18.9 Å². The number of nitrogens with zero attached hydrogens (tertiary/aromatic N) is 1. The largest absolute Gasteiger partial charge is 0.312 e. The van der Waals surface area contributed by atoms with Crippen LogP contribution in [0.5, 0.6) is 0 Å². The summed E-state index contributed by atoms with van der Waals surface area (Å²) in [5.74, 6) is -4.69. The zero-order chi connectivity index (χ0) is 11.0. The van der Waals surface area contributed by atoms with Gasteiger partial charge in [0.25, 0.3) is 0 Å². The van der Waals surface area contributed by atoms with Crippen LogP contribution in [0.2, 0.25) is 5.02 Å². The van der Waals surface area contributed by atoms with Crippen molar-refractivity contribution in [2.75, 3.05) is 0 Å². The molecule has 0 atom stereocenters. The van der Waals surface area contributed by atoms with Crippen LogP contribution in [0.25, 0.3) is 0 Å². The van der Waals surface area contributed by atoms with Gasteiger partial charge in [-0.2, -0.15) is 4.39 Å². The van der Waals surface area contributed by atoms with Gasteiger partial charge in [-0.3, -0.25) is 10.1 Å². The predicted octanol–water partition coefficient (Wildman–Crippen LogP) is 2.97. The minimum atomic E-state index is -1.62. The molecule has 14 heavy (non-hydrogen) atoms. The second-order valence-corrected chi connectivity index (χ2v) is 2.86. The highest BCUT2D eigenvalue weighted by Crippen LogP contribution is 2.32. The molecule has 1 aromatic rings. The summed E-state index contributed by atoms with van der Waals surface area (Å²) in [5, 5.41) is 9.07. The molecule has 1 rings (SSSR count). The number of nitro benzene ring substituents is 1. The Morgan fingerprint density at radius 2 is 1.71 bits per heavy atom. The Morgan fingerprint density at radius 1 is 1.21 bits per heavy atom. The van der Waals surface area contributed by atoms with E-state index in [1.165, 1.54) is 0 Å². The van der Waals surface area contributed by atoms with Gasteiger partial charge in [-0.25, -0.2) is 8.78 Å². The number of hydrogen-bond donors (Lipinski definition) is 0. The molecule has 0 aliphatic rings. The van der Waals surface area contributed by atoms with Crippen LogP contribution in [0.1, 0.15) is 5.56 Å². The highest BCUT2D eigenvalue weighted by Gasteiger charge is 2.28. The Labute approximate surface area is 81.2 Å². The van der Waals surface area contributed by atoms with Crippen LogP contribution in [0.15, 0.2) is 0 Å². The van der Waals surface area contributed by atoms with E-state index in [9.17, 15) is 23.3 Å². The molecular weight excluding hydrogens is 223 g/mol. The van der Waals surface area contributed by atoms with E-state index in [4.69, 9.17) is 11.6 Å². The number of hydrogen-bond acceptors (Lipinski definition) is 2. The molecule has 3 nitrogen and oxygen atoms in total. The van der Waals surface area contributed by atoms with Crippen LogP contribution in [0.3, 0.4) is 0 Å². The molecule has 76 valence electrons. The molecule has 0 fully saturated rings. The van der Waals surface area contributed by atoms with Crippen LogP contribution in [-0.2, 0) is 0 Å². The van der Waals surface area contributed by atoms with Crippen LogP contribution in [0, 0.1) is 34.5 Å². The van der Waals surface area contributed by atoms with Gasteiger partial charge in [-0.1, -0.05) is 11.6 Å². The predicted molar refractivity (Wildman–Crippen MR) is 42.7 cm³/mol. The fourth-order valence-corrected chi connectivity index (χ4v) is 1.12. The summed E-state index contributed by atoms with van der Waals surface area (Å²) < 4.78 is 38.6. The maximum absolute atomic E-state index is 13.0. The van der Waals surface area contributed by atoms with Crippen LogP contribution < -0.4 is 0 Å². The lowest BCUT2D eigenvalue weighted by molar-refractivity contribution is -0.388. The molecule has 0 N–H and O–H groups in total. The smallest absolute Gasteiger partial charge is 0.258 e. The van der Waals surface area contributed by atoms with Gasteiger partial charge in [0.1, 0.15) is 5.02 Å². The summed E-state index contributed by atoms with van der Waals surface area (Å²) in [6, 6.07) is 0. The lowest BCUT2D eigenvalue weighted by Crippen LogP contribution is -2.02. The van der Waals surface area contributed by atoms with Gasteiger partial charge < -0.3 is 0 Å². The van der Waals surface area contributed by atoms with Crippen molar-refractivity contribution in [2.24, 2.45) is 0 Å². The number of nitro groups is 1. The SMILES string of the molecule is Cc1c(F)c(F)c(Cl)c(F)c1[N+](=O)[O-]. The fraction of sp³-hybridized carbons (Fsp3) is 0.143. The van der Waals surface area contributed by atoms with E-state index in [2.05, 4.69) is 0 Å². The second kappa shape index (κ2) is 3.45. The van der Waals surface area contributed by atoms with Crippen molar-refractivity contribution in [2.45, 2.75) is 6.92 Å². The van der Waals surface area contributed by atoms with E-state index >= 15 is 0 Å². The molecule has 0 saturated heterocycles. The summed E-state index contributed by atoms with van der Waals surface area (Å²) >= 11 is 5.01. The van der Waals surface area contributed by atoms with Crippen molar-refractivity contribution >= 4 is 17.3 Å². The first-order chi connectivity index (χ1) is 6.37. The first-order valence-corrected chi connectivity index (χ1v) is 3.72. The van der Waals surface area contributed by atoms with E-state index in [1.54, 1.807) is 0 Å². The quantitative estimate of drug-likeness (QED) is 0.319. The van der Waals surface area contributed by atoms with Gasteiger partial charge >= 0.3 is 5.69 Å². The summed E-state index contributed by atoms with van der Waals surface area (Å²) in [6.45, 7) is 0.899. The van der Waals surface area contributed by atoms with Gasteiger partial charge in [0.2, 0.25) is 5.82 Å². The number of benzene rings is 1. The summed E-state index contributed by atoms with van der Waals surface area (Å²) in [4.78, 5) is 9.12. The van der Waals surface area contributed by atoms with Crippen molar-refractivity contribution in [1.82, 2.24) is 0 Å². The second-order valence-electron chi connectivity index (χ2n) is 2.49. The average Bonchev–Trinajstić information content (AvgIpc) is 2.11. The van der Waals surface area contributed by atoms with Gasteiger partial charge in [0, 0.05) is 0 Å². The molecule has 0 bridgehead atoms. The average molecular weight is 226 g/mol. The molecule has 0 aliphatic heterocycles. The molecule has 0 saturated carbocycles. The van der Waals surface area contributed by atoms with Gasteiger partial charge in [-0.15, -0.1) is 0 Å². The lowest BCUT2D eigenvalue weighted by atomic mass is 10.2. The Bertz CT molecular complexity index is 393. The molecule has 0 spiro atoms. The Hall–Kier alpha value is -1.30. The normalized spacial score (nSPS) is 10.4. The molecule has 0 unspecified atom stereocenters. The fourth-order valence-electron chi connectivity index (χ4n) is 0.947. The standard InChI is InChI=1S/C7H3ClF3NO2/c1-2-4(9)5(10)3(8)6(11)7(2)12(13)14/h1H3. The molecule has 0 radical (unpaired) electrons. The van der Waals surface area contributed by atoms with Gasteiger partial charge in [0.05, 0.1) is 10.5 Å². The summed E-state index contributed by atoms with van der Waals surface area (Å²) in [5.41, 5.74) is -1.86. The van der Waals surface area contributed by atoms with E-state index in [0.717, 1.165) is 6.92 Å². The van der Waals surface area contributed by atoms with Gasteiger partial charge in [-0.05, 0) is 6.92 Å². The van der Waals surface area contributed by atoms with Crippen molar-refractivity contribution in [3.05, 3.63) is 38.2 Å². The zero-order valence-electron chi connectivity index (χ0n) is 6.78. The maximum Gasteiger partial charge on any atom is 0.312 e. The van der Waals surface area contributed by atoms with Crippen molar-refractivity contribution in [3.8, 4) is 0 Å². The van der Waals surface area contributed by atoms with Crippen LogP contribution >= 0.6 is 11.6 Å². The molecule has 1 aromatic carbocycles. The highest BCUT2D eigenvalue weighted by atomic mass is 35.5. The number of halogens is 4. The van der Waals surface area contributed by atoms with Gasteiger partial charge in [0.15, 0.2) is 11.6 Å². The third kappa shape index (κ3) is 1.41. The molecule has 0 aromatic heterocycles. The first-order valence-electron chi connectivity index (χ1n) is 3.34. The highest BCUT2D eigenvalue weighted by molar-refractivity contribution is 6.31.